The Balaban J connectivity index is 1.94. The van der Waals surface area contributed by atoms with Gasteiger partial charge in [-0.25, -0.2) is 14.4 Å². The first-order chi connectivity index (χ1) is 11.2. The third-order valence-electron chi connectivity index (χ3n) is 3.80. The highest BCUT2D eigenvalue weighted by Crippen LogP contribution is 2.33. The number of aliphatic hydroxyl groups is 2. The summed E-state index contributed by atoms with van der Waals surface area (Å²) in [6.45, 7) is 3.21. The van der Waals surface area contributed by atoms with E-state index in [1.807, 2.05) is 22.6 Å². The molecule has 0 aromatic carbocycles. The first-order valence-corrected chi connectivity index (χ1v) is 8.65. The van der Waals surface area contributed by atoms with E-state index in [0.717, 1.165) is 4.57 Å². The van der Waals surface area contributed by atoms with Crippen molar-refractivity contribution in [1.29, 1.82) is 0 Å². The van der Waals surface area contributed by atoms with Crippen molar-refractivity contribution in [2.45, 2.75) is 44.2 Å². The molecule has 0 saturated carbocycles. The lowest BCUT2D eigenvalue weighted by atomic mass is 10.1. The van der Waals surface area contributed by atoms with Crippen LogP contribution in [0.1, 0.15) is 20.1 Å². The van der Waals surface area contributed by atoms with Crippen molar-refractivity contribution in [3.05, 3.63) is 21.2 Å². The number of halogens is 3. The van der Waals surface area contributed by atoms with Crippen molar-refractivity contribution >= 4 is 45.2 Å². The minimum absolute atomic E-state index is 0.0561. The second-order valence-corrected chi connectivity index (χ2v) is 7.49. The van der Waals surface area contributed by atoms with Gasteiger partial charge in [0, 0.05) is 9.77 Å². The lowest BCUT2D eigenvalue weighted by Crippen LogP contribution is -2.54. The molecule has 132 valence electrons. The van der Waals surface area contributed by atoms with Crippen LogP contribution in [0.25, 0.3) is 11.0 Å². The average Bonchev–Trinajstić information content (AvgIpc) is 2.86. The van der Waals surface area contributed by atoms with Crippen molar-refractivity contribution in [3.63, 3.8) is 0 Å². The normalized spacial score (nSPS) is 26.5. The molecular formula is C14H16ClFIN3O4. The fourth-order valence-electron chi connectivity index (χ4n) is 2.63. The van der Waals surface area contributed by atoms with Gasteiger partial charge in [-0.1, -0.05) is 11.6 Å². The highest BCUT2D eigenvalue weighted by molar-refractivity contribution is 14.1. The van der Waals surface area contributed by atoms with Crippen LogP contribution in [0, 0.1) is 3.57 Å². The number of aliphatic hydroxyl groups excluding tert-OH is 2. The van der Waals surface area contributed by atoms with Gasteiger partial charge in [0.15, 0.2) is 5.79 Å². The SMILES string of the molecule is CC1(C)OCC(O)[C@H](C(O)C(F)n2cc(I)c3c(Cl)ncnc32)O1. The van der Waals surface area contributed by atoms with E-state index in [-0.39, 0.29) is 17.4 Å². The van der Waals surface area contributed by atoms with Gasteiger partial charge >= 0.3 is 0 Å². The van der Waals surface area contributed by atoms with Crippen LogP contribution in [0.5, 0.6) is 0 Å². The van der Waals surface area contributed by atoms with Gasteiger partial charge in [0.25, 0.3) is 0 Å². The quantitative estimate of drug-likeness (QED) is 0.526. The van der Waals surface area contributed by atoms with E-state index < -0.39 is 30.4 Å². The Morgan fingerprint density at radius 1 is 1.50 bits per heavy atom. The van der Waals surface area contributed by atoms with Crippen molar-refractivity contribution in [2.75, 3.05) is 6.61 Å². The van der Waals surface area contributed by atoms with Crippen LogP contribution in [0.3, 0.4) is 0 Å². The third-order valence-corrected chi connectivity index (χ3v) is 4.91. The zero-order valence-corrected chi connectivity index (χ0v) is 15.8. The maximum absolute atomic E-state index is 15.0. The van der Waals surface area contributed by atoms with E-state index in [1.54, 1.807) is 13.8 Å². The summed E-state index contributed by atoms with van der Waals surface area (Å²) >= 11 is 8.02. The van der Waals surface area contributed by atoms with Gasteiger partial charge in [0.2, 0.25) is 6.30 Å². The molecule has 10 heteroatoms. The number of hydrogen-bond donors (Lipinski definition) is 2. The largest absolute Gasteiger partial charge is 0.388 e. The Bertz CT molecular complexity index is 759. The highest BCUT2D eigenvalue weighted by Gasteiger charge is 2.43. The Morgan fingerprint density at radius 2 is 2.21 bits per heavy atom. The summed E-state index contributed by atoms with van der Waals surface area (Å²) in [6.07, 6.45) is -3.10. The number of alkyl halides is 1. The first-order valence-electron chi connectivity index (χ1n) is 7.20. The molecule has 0 amide bonds. The lowest BCUT2D eigenvalue weighted by molar-refractivity contribution is -0.324. The molecular weight excluding hydrogens is 456 g/mol. The molecule has 2 aromatic rings. The maximum atomic E-state index is 15.0. The molecule has 0 bridgehead atoms. The molecule has 0 spiro atoms. The summed E-state index contributed by atoms with van der Waals surface area (Å²) in [5.74, 6) is -1.02. The topological polar surface area (TPSA) is 89.6 Å². The number of hydrogen-bond acceptors (Lipinski definition) is 6. The van der Waals surface area contributed by atoms with Crippen LogP contribution in [-0.4, -0.2) is 55.5 Å². The van der Waals surface area contributed by atoms with Gasteiger partial charge in [0.05, 0.1) is 12.0 Å². The minimum atomic E-state index is -1.89. The molecule has 3 heterocycles. The molecule has 0 aliphatic carbocycles. The van der Waals surface area contributed by atoms with E-state index in [9.17, 15) is 14.6 Å². The van der Waals surface area contributed by atoms with Crippen molar-refractivity contribution in [3.8, 4) is 0 Å². The maximum Gasteiger partial charge on any atom is 0.206 e. The van der Waals surface area contributed by atoms with Crippen LogP contribution < -0.4 is 0 Å². The Morgan fingerprint density at radius 3 is 2.92 bits per heavy atom. The number of ether oxygens (including phenoxy) is 2. The van der Waals surface area contributed by atoms with Gasteiger partial charge < -0.3 is 19.7 Å². The monoisotopic (exact) mass is 471 g/mol. The van der Waals surface area contributed by atoms with Crippen LogP contribution in [0.15, 0.2) is 12.5 Å². The Kier molecular flexibility index (Phi) is 5.02. The second kappa shape index (κ2) is 6.61. The van der Waals surface area contributed by atoms with E-state index in [0.29, 0.717) is 8.96 Å². The molecule has 2 N–H and O–H groups in total. The van der Waals surface area contributed by atoms with Crippen molar-refractivity contribution in [2.24, 2.45) is 0 Å². The van der Waals surface area contributed by atoms with E-state index >= 15 is 0 Å². The average molecular weight is 472 g/mol. The van der Waals surface area contributed by atoms with Crippen LogP contribution >= 0.6 is 34.2 Å². The van der Waals surface area contributed by atoms with E-state index in [2.05, 4.69) is 9.97 Å². The fraction of sp³-hybridized carbons (Fsp3) is 0.571. The summed E-state index contributed by atoms with van der Waals surface area (Å²) in [6, 6.07) is 0. The number of nitrogens with zero attached hydrogens (tertiary/aromatic N) is 3. The molecule has 7 nitrogen and oxygen atoms in total. The molecule has 24 heavy (non-hydrogen) atoms. The number of fused-ring (bicyclic) bond motifs is 1. The summed E-state index contributed by atoms with van der Waals surface area (Å²) in [5.41, 5.74) is 0.256. The minimum Gasteiger partial charge on any atom is -0.388 e. The van der Waals surface area contributed by atoms with Gasteiger partial charge in [-0.05, 0) is 36.4 Å². The van der Waals surface area contributed by atoms with E-state index in [1.165, 1.54) is 12.5 Å². The van der Waals surface area contributed by atoms with E-state index in [4.69, 9.17) is 21.1 Å². The van der Waals surface area contributed by atoms with Gasteiger partial charge in [-0.15, -0.1) is 0 Å². The highest BCUT2D eigenvalue weighted by atomic mass is 127. The van der Waals surface area contributed by atoms with Crippen molar-refractivity contribution in [1.82, 2.24) is 14.5 Å². The van der Waals surface area contributed by atoms with Gasteiger partial charge in [0.1, 0.15) is 35.4 Å². The second-order valence-electron chi connectivity index (χ2n) is 5.97. The zero-order valence-electron chi connectivity index (χ0n) is 12.9. The van der Waals surface area contributed by atoms with Crippen molar-refractivity contribution < 1.29 is 24.1 Å². The summed E-state index contributed by atoms with van der Waals surface area (Å²) in [4.78, 5) is 7.92. The lowest BCUT2D eigenvalue weighted by Gasteiger charge is -2.41. The smallest absolute Gasteiger partial charge is 0.206 e. The third kappa shape index (κ3) is 3.25. The molecule has 0 radical (unpaired) electrons. The fourth-order valence-corrected chi connectivity index (χ4v) is 3.82. The number of rotatable bonds is 3. The number of aromatic nitrogens is 3. The molecule has 1 aliphatic heterocycles. The van der Waals surface area contributed by atoms with Crippen LogP contribution in [-0.2, 0) is 9.47 Å². The molecule has 2 aromatic heterocycles. The predicted octanol–water partition coefficient (Wildman–Crippen LogP) is 2.03. The summed E-state index contributed by atoms with van der Waals surface area (Å²) in [7, 11) is 0. The van der Waals surface area contributed by atoms with Crippen LogP contribution in [0.4, 0.5) is 4.39 Å². The standard InChI is InChI=1S/C14H16ClFIN3O4/c1-14(2)23-4-7(21)10(24-14)9(22)12(16)20-3-6(17)8-11(15)18-5-19-13(8)20/h3,5,7,9-10,12,21-22H,4H2,1-2H3/t7?,9?,10-,12?/m1/s1. The molecule has 1 fully saturated rings. The molecule has 3 unspecified atom stereocenters. The molecule has 4 atom stereocenters. The van der Waals surface area contributed by atoms with Crippen LogP contribution in [0.2, 0.25) is 5.15 Å². The Labute approximate surface area is 155 Å². The first kappa shape index (κ1) is 18.2. The zero-order chi connectivity index (χ0) is 17.6. The molecule has 3 rings (SSSR count). The summed E-state index contributed by atoms with van der Waals surface area (Å²) in [5, 5.41) is 21.1. The molecule has 1 saturated heterocycles. The van der Waals surface area contributed by atoms with Gasteiger partial charge in [-0.2, -0.15) is 0 Å². The Hall–Kier alpha value is -0.590. The van der Waals surface area contributed by atoms with Gasteiger partial charge in [-0.3, -0.25) is 4.57 Å². The predicted molar refractivity (Wildman–Crippen MR) is 92.3 cm³/mol. The summed E-state index contributed by atoms with van der Waals surface area (Å²) < 4.78 is 27.6. The molecule has 1 aliphatic rings.